The highest BCUT2D eigenvalue weighted by Gasteiger charge is 2.33. The molecule has 0 spiro atoms. The molecule has 3 rings (SSSR count). The Morgan fingerprint density at radius 1 is 1.23 bits per heavy atom. The average Bonchev–Trinajstić information content (AvgIpc) is 2.59. The topological polar surface area (TPSA) is 49.8 Å². The first kappa shape index (κ1) is 18.0. The van der Waals surface area contributed by atoms with Gasteiger partial charge in [-0.1, -0.05) is 24.0 Å². The highest BCUT2D eigenvalue weighted by molar-refractivity contribution is 5.95. The summed E-state index contributed by atoms with van der Waals surface area (Å²) in [5.41, 5.74) is 1.48. The zero-order chi connectivity index (χ0) is 18.7. The fourth-order valence-electron chi connectivity index (χ4n) is 2.91. The summed E-state index contributed by atoms with van der Waals surface area (Å²) in [6, 6.07) is 15.2. The van der Waals surface area contributed by atoms with Crippen molar-refractivity contribution in [2.75, 3.05) is 13.7 Å². The van der Waals surface area contributed by atoms with Gasteiger partial charge in [0.1, 0.15) is 11.4 Å². The van der Waals surface area contributed by atoms with Crippen LogP contribution in [0.25, 0.3) is 0 Å². The third kappa shape index (κ3) is 4.07. The molecule has 4 heteroatoms. The maximum atomic E-state index is 12.8. The molecule has 134 valence electrons. The Hall–Kier alpha value is -2.77. The summed E-state index contributed by atoms with van der Waals surface area (Å²) in [6.45, 7) is 4.03. The van der Waals surface area contributed by atoms with Crippen LogP contribution in [0.5, 0.6) is 5.75 Å². The van der Waals surface area contributed by atoms with Crippen molar-refractivity contribution in [3.8, 4) is 17.6 Å². The molecule has 1 heterocycles. The number of methoxy groups -OCH3 is 1. The SMILES string of the molecule is COc1cccc([C@H]2CCN2C(=O)c2ccc(C#CC(C)(C)O)cc2)c1. The molecule has 1 atom stereocenters. The minimum Gasteiger partial charge on any atom is -0.497 e. The van der Waals surface area contributed by atoms with Crippen molar-refractivity contribution in [3.05, 3.63) is 65.2 Å². The molecule has 1 aliphatic rings. The van der Waals surface area contributed by atoms with Gasteiger partial charge in [0.25, 0.3) is 5.91 Å². The largest absolute Gasteiger partial charge is 0.497 e. The zero-order valence-electron chi connectivity index (χ0n) is 15.3. The average molecular weight is 349 g/mol. The van der Waals surface area contributed by atoms with Crippen LogP contribution < -0.4 is 4.74 Å². The second-order valence-electron chi connectivity index (χ2n) is 6.97. The Morgan fingerprint density at radius 2 is 1.96 bits per heavy atom. The number of benzene rings is 2. The van der Waals surface area contributed by atoms with E-state index in [0.717, 1.165) is 29.8 Å². The number of amides is 1. The Labute approximate surface area is 154 Å². The van der Waals surface area contributed by atoms with Crippen LogP contribution in [0, 0.1) is 11.8 Å². The fourth-order valence-corrected chi connectivity index (χ4v) is 2.91. The molecule has 0 aromatic heterocycles. The van der Waals surface area contributed by atoms with Gasteiger partial charge in [0.2, 0.25) is 0 Å². The lowest BCUT2D eigenvalue weighted by molar-refractivity contribution is 0.0460. The van der Waals surface area contributed by atoms with Gasteiger partial charge in [0, 0.05) is 17.7 Å². The quantitative estimate of drug-likeness (QED) is 0.864. The predicted molar refractivity (Wildman–Crippen MR) is 101 cm³/mol. The Balaban J connectivity index is 1.73. The van der Waals surface area contributed by atoms with Gasteiger partial charge in [-0.3, -0.25) is 4.79 Å². The molecular weight excluding hydrogens is 326 g/mol. The first-order valence-corrected chi connectivity index (χ1v) is 8.68. The molecule has 0 unspecified atom stereocenters. The van der Waals surface area contributed by atoms with Crippen LogP contribution in [0.2, 0.25) is 0 Å². The first-order valence-electron chi connectivity index (χ1n) is 8.68. The van der Waals surface area contributed by atoms with Crippen LogP contribution in [0.3, 0.4) is 0 Å². The van der Waals surface area contributed by atoms with Crippen LogP contribution in [-0.2, 0) is 0 Å². The number of hydrogen-bond donors (Lipinski definition) is 1. The zero-order valence-corrected chi connectivity index (χ0v) is 15.3. The van der Waals surface area contributed by atoms with E-state index in [4.69, 9.17) is 4.74 Å². The number of hydrogen-bond acceptors (Lipinski definition) is 3. The van der Waals surface area contributed by atoms with E-state index >= 15 is 0 Å². The number of carbonyl (C=O) groups is 1. The summed E-state index contributed by atoms with van der Waals surface area (Å²) in [7, 11) is 1.64. The molecule has 1 amide bonds. The number of carbonyl (C=O) groups excluding carboxylic acids is 1. The van der Waals surface area contributed by atoms with Crippen LogP contribution >= 0.6 is 0 Å². The van der Waals surface area contributed by atoms with Gasteiger partial charge in [-0.05, 0) is 62.2 Å². The molecule has 1 N–H and O–H groups in total. The molecule has 0 bridgehead atoms. The fraction of sp³-hybridized carbons (Fsp3) is 0.318. The van der Waals surface area contributed by atoms with E-state index < -0.39 is 5.60 Å². The van der Waals surface area contributed by atoms with E-state index in [1.165, 1.54) is 0 Å². The normalized spacial score (nSPS) is 16.3. The monoisotopic (exact) mass is 349 g/mol. The maximum Gasteiger partial charge on any atom is 0.254 e. The molecule has 2 aromatic carbocycles. The highest BCUT2D eigenvalue weighted by atomic mass is 16.5. The van der Waals surface area contributed by atoms with E-state index in [0.29, 0.717) is 5.56 Å². The van der Waals surface area contributed by atoms with Gasteiger partial charge in [-0.25, -0.2) is 0 Å². The molecule has 0 aliphatic carbocycles. The molecule has 1 fully saturated rings. The van der Waals surface area contributed by atoms with Crippen molar-refractivity contribution in [1.82, 2.24) is 4.90 Å². The maximum absolute atomic E-state index is 12.8. The van der Waals surface area contributed by atoms with Gasteiger partial charge in [-0.15, -0.1) is 0 Å². The molecule has 4 nitrogen and oxygen atoms in total. The lowest BCUT2D eigenvalue weighted by Gasteiger charge is -2.41. The van der Waals surface area contributed by atoms with Crippen molar-refractivity contribution in [3.63, 3.8) is 0 Å². The Morgan fingerprint density at radius 3 is 2.54 bits per heavy atom. The van der Waals surface area contributed by atoms with Crippen molar-refractivity contribution in [2.24, 2.45) is 0 Å². The minimum absolute atomic E-state index is 0.0195. The van der Waals surface area contributed by atoms with Gasteiger partial charge >= 0.3 is 0 Å². The van der Waals surface area contributed by atoms with Gasteiger partial charge in [0.15, 0.2) is 0 Å². The summed E-state index contributed by atoms with van der Waals surface area (Å²) in [6.07, 6.45) is 0.952. The predicted octanol–water partition coefficient (Wildman–Crippen LogP) is 3.40. The van der Waals surface area contributed by atoms with Gasteiger partial charge < -0.3 is 14.7 Å². The standard InChI is InChI=1S/C22H23NO3/c1-22(2,25)13-11-16-7-9-17(10-8-16)21(24)23-14-12-20(23)18-5-4-6-19(15-18)26-3/h4-10,15,20,25H,12,14H2,1-3H3/t20-/m1/s1. The number of nitrogens with zero attached hydrogens (tertiary/aromatic N) is 1. The lowest BCUT2D eigenvalue weighted by atomic mass is 9.93. The summed E-state index contributed by atoms with van der Waals surface area (Å²) in [5, 5.41) is 9.67. The molecule has 26 heavy (non-hydrogen) atoms. The molecule has 2 aromatic rings. The Bertz CT molecular complexity index is 853. The van der Waals surface area contributed by atoms with Crippen molar-refractivity contribution in [2.45, 2.75) is 31.9 Å². The van der Waals surface area contributed by atoms with E-state index in [-0.39, 0.29) is 11.9 Å². The van der Waals surface area contributed by atoms with E-state index in [1.807, 2.05) is 41.3 Å². The van der Waals surface area contributed by atoms with E-state index in [9.17, 15) is 9.90 Å². The number of aliphatic hydroxyl groups is 1. The first-order chi connectivity index (χ1) is 12.4. The highest BCUT2D eigenvalue weighted by Crippen LogP contribution is 2.35. The second-order valence-corrected chi connectivity index (χ2v) is 6.97. The van der Waals surface area contributed by atoms with Crippen LogP contribution in [0.1, 0.15) is 47.8 Å². The number of ether oxygens (including phenoxy) is 1. The van der Waals surface area contributed by atoms with E-state index in [2.05, 4.69) is 11.8 Å². The minimum atomic E-state index is -1.03. The molecule has 1 saturated heterocycles. The third-order valence-electron chi connectivity index (χ3n) is 4.40. The third-order valence-corrected chi connectivity index (χ3v) is 4.40. The molecule has 0 saturated carbocycles. The molecule has 1 aliphatic heterocycles. The summed E-state index contributed by atoms with van der Waals surface area (Å²) in [4.78, 5) is 14.7. The number of rotatable bonds is 3. The van der Waals surface area contributed by atoms with Crippen molar-refractivity contribution < 1.29 is 14.6 Å². The van der Waals surface area contributed by atoms with Gasteiger partial charge in [0.05, 0.1) is 13.2 Å². The van der Waals surface area contributed by atoms with Crippen LogP contribution in [0.4, 0.5) is 0 Å². The van der Waals surface area contributed by atoms with Crippen molar-refractivity contribution in [1.29, 1.82) is 0 Å². The Kier molecular flexibility index (Phi) is 5.01. The summed E-state index contributed by atoms with van der Waals surface area (Å²) in [5.74, 6) is 6.51. The molecule has 0 radical (unpaired) electrons. The van der Waals surface area contributed by atoms with Gasteiger partial charge in [-0.2, -0.15) is 0 Å². The van der Waals surface area contributed by atoms with Crippen molar-refractivity contribution >= 4 is 5.91 Å². The van der Waals surface area contributed by atoms with Crippen LogP contribution in [0.15, 0.2) is 48.5 Å². The second kappa shape index (κ2) is 7.23. The lowest BCUT2D eigenvalue weighted by Crippen LogP contribution is -2.45. The smallest absolute Gasteiger partial charge is 0.254 e. The summed E-state index contributed by atoms with van der Waals surface area (Å²) < 4.78 is 5.28. The molecular formula is C22H23NO3. The number of likely N-dealkylation sites (tertiary alicyclic amines) is 1. The van der Waals surface area contributed by atoms with E-state index in [1.54, 1.807) is 33.1 Å². The summed E-state index contributed by atoms with van der Waals surface area (Å²) >= 11 is 0. The van der Waals surface area contributed by atoms with Crippen LogP contribution in [-0.4, -0.2) is 35.2 Å².